The Morgan fingerprint density at radius 1 is 0.163 bits per heavy atom. The molecule has 18 aromatic rings. The third-order valence-corrected chi connectivity index (χ3v) is 20.9. The molecule has 0 atom stereocenters. The molecule has 0 saturated carbocycles. The average molecular weight is 1290 g/mol. The number of hydrogen-bond acceptors (Lipinski definition) is 8. The van der Waals surface area contributed by atoms with Gasteiger partial charge in [-0.05, 0) is 108 Å². The van der Waals surface area contributed by atoms with Crippen molar-refractivity contribution < 1.29 is 0 Å². The Hall–Kier alpha value is -12.5. The molecule has 0 saturated heterocycles. The molecule has 6 nitrogen and oxygen atoms in total. The zero-order chi connectivity index (χ0) is 64.9. The van der Waals surface area contributed by atoms with Crippen LogP contribution in [0.25, 0.3) is 187 Å². The SMILES string of the molecule is c1ccc(-c2ccc(-c3ccc(-c4cccc(-c5ccc(-c6cc(-c7nc(-c8ccccc8)nc(-c8ccccc8)n7)cc(-c7cccc8c7sc7ccccc78)c6)cc5)c4)c4c3sc3c(-c5ccc(-c6nc(-c7ccccc7)nc(-c7ccccc7)n6)cc5)cccc34)cc2)cc1. The Morgan fingerprint density at radius 2 is 0.480 bits per heavy atom. The summed E-state index contributed by atoms with van der Waals surface area (Å²) in [6.07, 6.45) is 0. The largest absolute Gasteiger partial charge is 0.208 e. The van der Waals surface area contributed by atoms with Crippen LogP contribution >= 0.6 is 22.7 Å². The summed E-state index contributed by atoms with van der Waals surface area (Å²) < 4.78 is 4.98. The van der Waals surface area contributed by atoms with Gasteiger partial charge in [0.25, 0.3) is 0 Å². The van der Waals surface area contributed by atoms with Crippen molar-refractivity contribution in [2.75, 3.05) is 0 Å². The van der Waals surface area contributed by atoms with Crippen LogP contribution in [0, 0.1) is 0 Å². The molecular formula is C90H56N6S2. The minimum absolute atomic E-state index is 0.609. The van der Waals surface area contributed by atoms with Crippen LogP contribution in [0.4, 0.5) is 0 Å². The Bertz CT molecular complexity index is 5880. The van der Waals surface area contributed by atoms with Gasteiger partial charge in [-0.2, -0.15) is 0 Å². The van der Waals surface area contributed by atoms with E-state index in [4.69, 9.17) is 29.9 Å². The summed E-state index contributed by atoms with van der Waals surface area (Å²) in [5, 5.41) is 4.96. The second kappa shape index (κ2) is 25.0. The molecule has 98 heavy (non-hydrogen) atoms. The molecule has 8 heteroatoms. The van der Waals surface area contributed by atoms with Gasteiger partial charge in [-0.3, -0.25) is 0 Å². The van der Waals surface area contributed by atoms with Gasteiger partial charge in [-0.25, -0.2) is 29.9 Å². The van der Waals surface area contributed by atoms with E-state index < -0.39 is 0 Å². The van der Waals surface area contributed by atoms with Crippen LogP contribution in [0.5, 0.6) is 0 Å². The molecule has 0 unspecified atom stereocenters. The maximum atomic E-state index is 5.24. The number of benzene rings is 14. The van der Waals surface area contributed by atoms with Gasteiger partial charge in [0.1, 0.15) is 0 Å². The van der Waals surface area contributed by atoms with E-state index in [0.717, 1.165) is 72.3 Å². The second-order valence-corrected chi connectivity index (χ2v) is 26.6. The van der Waals surface area contributed by atoms with Crippen molar-refractivity contribution in [2.45, 2.75) is 0 Å². The van der Waals surface area contributed by atoms with Crippen molar-refractivity contribution in [3.05, 3.63) is 340 Å². The van der Waals surface area contributed by atoms with Crippen LogP contribution in [0.3, 0.4) is 0 Å². The first kappa shape index (κ1) is 58.1. The Morgan fingerprint density at radius 3 is 1.02 bits per heavy atom. The number of hydrogen-bond donors (Lipinski definition) is 0. The monoisotopic (exact) mass is 1280 g/mol. The lowest BCUT2D eigenvalue weighted by molar-refractivity contribution is 1.07. The molecule has 0 radical (unpaired) electrons. The summed E-state index contributed by atoms with van der Waals surface area (Å²) in [6, 6.07) is 121. The number of nitrogens with zero attached hydrogens (tertiary/aromatic N) is 6. The maximum Gasteiger partial charge on any atom is 0.164 e. The predicted molar refractivity (Wildman–Crippen MR) is 410 cm³/mol. The normalized spacial score (nSPS) is 11.5. The number of aromatic nitrogens is 6. The minimum atomic E-state index is 0.609. The first-order valence-corrected chi connectivity index (χ1v) is 34.4. The molecule has 0 aliphatic carbocycles. The van der Waals surface area contributed by atoms with Gasteiger partial charge in [-0.15, -0.1) is 22.7 Å². The van der Waals surface area contributed by atoms with Crippen LogP contribution in [0.1, 0.15) is 0 Å². The fraction of sp³-hybridized carbons (Fsp3) is 0. The van der Waals surface area contributed by atoms with Gasteiger partial charge in [0.2, 0.25) is 0 Å². The highest BCUT2D eigenvalue weighted by molar-refractivity contribution is 7.27. The Balaban J connectivity index is 0.736. The van der Waals surface area contributed by atoms with E-state index >= 15 is 0 Å². The lowest BCUT2D eigenvalue weighted by Crippen LogP contribution is -2.00. The summed E-state index contributed by atoms with van der Waals surface area (Å²) in [5.41, 5.74) is 21.6. The zero-order valence-electron chi connectivity index (χ0n) is 52.8. The lowest BCUT2D eigenvalue weighted by atomic mass is 9.91. The van der Waals surface area contributed by atoms with E-state index in [1.54, 1.807) is 0 Å². The van der Waals surface area contributed by atoms with Crippen LogP contribution in [0.2, 0.25) is 0 Å². The van der Waals surface area contributed by atoms with Crippen molar-refractivity contribution in [1.82, 2.24) is 29.9 Å². The van der Waals surface area contributed by atoms with Crippen molar-refractivity contribution >= 4 is 63.0 Å². The fourth-order valence-corrected chi connectivity index (χ4v) is 16.2. The third kappa shape index (κ3) is 11.0. The minimum Gasteiger partial charge on any atom is -0.208 e. The van der Waals surface area contributed by atoms with Gasteiger partial charge in [0, 0.05) is 73.7 Å². The van der Waals surface area contributed by atoms with E-state index in [0.29, 0.717) is 34.9 Å². The Labute approximate surface area is 574 Å². The van der Waals surface area contributed by atoms with E-state index in [1.807, 2.05) is 120 Å². The predicted octanol–water partition coefficient (Wildman–Crippen LogP) is 24.5. The molecule has 0 N–H and O–H groups in total. The molecule has 14 aromatic carbocycles. The van der Waals surface area contributed by atoms with E-state index in [-0.39, 0.29) is 0 Å². The third-order valence-electron chi connectivity index (χ3n) is 18.4. The highest BCUT2D eigenvalue weighted by Crippen LogP contribution is 2.49. The number of fused-ring (bicyclic) bond motifs is 6. The number of thiophene rings is 2. The van der Waals surface area contributed by atoms with Crippen LogP contribution in [0.15, 0.2) is 340 Å². The van der Waals surface area contributed by atoms with Crippen molar-refractivity contribution in [2.24, 2.45) is 0 Å². The molecule has 0 aliphatic rings. The lowest BCUT2D eigenvalue weighted by Gasteiger charge is -2.14. The first-order valence-electron chi connectivity index (χ1n) is 32.8. The second-order valence-electron chi connectivity index (χ2n) is 24.5. The van der Waals surface area contributed by atoms with Gasteiger partial charge in [0.15, 0.2) is 34.9 Å². The molecule has 0 amide bonds. The molecular weight excluding hydrogens is 1230 g/mol. The van der Waals surface area contributed by atoms with Gasteiger partial charge >= 0.3 is 0 Å². The van der Waals surface area contributed by atoms with Crippen molar-refractivity contribution in [1.29, 1.82) is 0 Å². The number of rotatable bonds is 13. The molecule has 0 fully saturated rings. The topological polar surface area (TPSA) is 77.3 Å². The average Bonchev–Trinajstić information content (AvgIpc) is 1.56. The summed E-state index contributed by atoms with van der Waals surface area (Å²) in [5.74, 6) is 3.75. The molecule has 4 heterocycles. The van der Waals surface area contributed by atoms with Gasteiger partial charge in [-0.1, -0.05) is 309 Å². The van der Waals surface area contributed by atoms with E-state index in [9.17, 15) is 0 Å². The van der Waals surface area contributed by atoms with E-state index in [2.05, 4.69) is 243 Å². The standard InChI is InChI=1S/C90H56N6S2/c1-6-21-57(22-7-1)58-43-45-62(46-44-58)76-52-51-73(81-79-37-20-34-74(83(79)98-84(76)81)61-47-49-67(50-48-61)89-93-85(63-23-8-2-9-24-63)91-86(94-89)64-25-10-3-11-26-64)69-32-18-31-68(53-69)59-39-41-60(42-40-59)70-54-71(75-35-19-36-78-77-33-16-17-38-80(77)97-82(75)78)56-72(55-70)90-95-87(65-27-12-4-13-28-65)92-88(96-90)66-29-14-5-15-30-66/h1-56H. The Kier molecular flexibility index (Phi) is 14.8. The molecule has 0 spiro atoms. The van der Waals surface area contributed by atoms with Crippen molar-refractivity contribution in [3.63, 3.8) is 0 Å². The smallest absolute Gasteiger partial charge is 0.164 e. The highest BCUT2D eigenvalue weighted by Gasteiger charge is 2.22. The quantitative estimate of drug-likeness (QED) is 0.114. The van der Waals surface area contributed by atoms with Crippen molar-refractivity contribution in [3.8, 4) is 146 Å². The van der Waals surface area contributed by atoms with Crippen LogP contribution < -0.4 is 0 Å². The van der Waals surface area contributed by atoms with Crippen LogP contribution in [-0.4, -0.2) is 29.9 Å². The summed E-state index contributed by atoms with van der Waals surface area (Å²) in [7, 11) is 0. The summed E-state index contributed by atoms with van der Waals surface area (Å²) in [4.78, 5) is 30.6. The first-order chi connectivity index (χ1) is 48.5. The van der Waals surface area contributed by atoms with Gasteiger partial charge < -0.3 is 0 Å². The van der Waals surface area contributed by atoms with Crippen LogP contribution in [-0.2, 0) is 0 Å². The zero-order valence-corrected chi connectivity index (χ0v) is 54.5. The fourth-order valence-electron chi connectivity index (χ4n) is 13.5. The molecule has 0 aliphatic heterocycles. The summed E-state index contributed by atoms with van der Waals surface area (Å²) >= 11 is 3.71. The molecule has 18 rings (SSSR count). The van der Waals surface area contributed by atoms with E-state index in [1.165, 1.54) is 79.3 Å². The highest BCUT2D eigenvalue weighted by atomic mass is 32.1. The maximum absolute atomic E-state index is 5.24. The molecule has 458 valence electrons. The summed E-state index contributed by atoms with van der Waals surface area (Å²) in [6.45, 7) is 0. The molecule has 4 aromatic heterocycles. The molecule has 0 bridgehead atoms. The van der Waals surface area contributed by atoms with Gasteiger partial charge in [0.05, 0.1) is 0 Å².